The number of hydrogen-bond acceptors (Lipinski definition) is 5. The molecule has 1 aliphatic heterocycles. The second-order valence-electron chi connectivity index (χ2n) is 4.73. The molecule has 5 nitrogen and oxygen atoms in total. The average molecular weight is 250 g/mol. The van der Waals surface area contributed by atoms with Gasteiger partial charge in [0.1, 0.15) is 18.0 Å². The largest absolute Gasteiger partial charge is 0.378 e. The van der Waals surface area contributed by atoms with Gasteiger partial charge < -0.3 is 15.4 Å². The van der Waals surface area contributed by atoms with E-state index in [1.54, 1.807) is 6.33 Å². The summed E-state index contributed by atoms with van der Waals surface area (Å²) in [5, 5.41) is 6.65. The van der Waals surface area contributed by atoms with Gasteiger partial charge in [0.05, 0.1) is 6.10 Å². The predicted molar refractivity (Wildman–Crippen MR) is 72.9 cm³/mol. The quantitative estimate of drug-likeness (QED) is 0.837. The first-order valence-corrected chi connectivity index (χ1v) is 6.63. The lowest BCUT2D eigenvalue weighted by Gasteiger charge is -2.17. The molecule has 0 spiro atoms. The van der Waals surface area contributed by atoms with E-state index in [4.69, 9.17) is 4.74 Å². The van der Waals surface area contributed by atoms with Crippen molar-refractivity contribution in [3.8, 4) is 0 Å². The maximum absolute atomic E-state index is 5.56. The monoisotopic (exact) mass is 250 g/mol. The van der Waals surface area contributed by atoms with E-state index >= 15 is 0 Å². The molecule has 18 heavy (non-hydrogen) atoms. The molecule has 0 amide bonds. The number of nitrogens with zero attached hydrogens (tertiary/aromatic N) is 2. The number of hydrogen-bond donors (Lipinski definition) is 2. The highest BCUT2D eigenvalue weighted by Crippen LogP contribution is 2.23. The third kappa shape index (κ3) is 2.90. The Morgan fingerprint density at radius 2 is 2.06 bits per heavy atom. The molecule has 2 unspecified atom stereocenters. The standard InChI is InChI=1S/C13H22N4O/c1-4-14-12-9(2)13(17-8-16-12)15-7-11-5-6-18-10(11)3/h8,10-11H,4-7H2,1-3H3,(H2,14,15,16,17). The predicted octanol–water partition coefficient (Wildman–Crippen LogP) is 2.05. The Kier molecular flexibility index (Phi) is 4.36. The second kappa shape index (κ2) is 6.00. The summed E-state index contributed by atoms with van der Waals surface area (Å²) in [4.78, 5) is 8.54. The zero-order valence-electron chi connectivity index (χ0n) is 11.4. The van der Waals surface area contributed by atoms with Crippen molar-refractivity contribution in [1.82, 2.24) is 9.97 Å². The molecule has 100 valence electrons. The molecule has 2 atom stereocenters. The molecule has 1 aromatic rings. The lowest BCUT2D eigenvalue weighted by molar-refractivity contribution is 0.108. The van der Waals surface area contributed by atoms with Gasteiger partial charge in [-0.15, -0.1) is 0 Å². The van der Waals surface area contributed by atoms with Crippen LogP contribution in [0.25, 0.3) is 0 Å². The molecular weight excluding hydrogens is 228 g/mol. The number of anilines is 2. The summed E-state index contributed by atoms with van der Waals surface area (Å²) in [7, 11) is 0. The third-order valence-corrected chi connectivity index (χ3v) is 3.49. The number of rotatable bonds is 5. The van der Waals surface area contributed by atoms with E-state index in [0.717, 1.165) is 43.3 Å². The highest BCUT2D eigenvalue weighted by Gasteiger charge is 2.24. The van der Waals surface area contributed by atoms with Crippen molar-refractivity contribution in [2.24, 2.45) is 5.92 Å². The number of ether oxygens (including phenoxy) is 1. The normalized spacial score (nSPS) is 23.1. The minimum atomic E-state index is 0.341. The van der Waals surface area contributed by atoms with Crippen LogP contribution in [0.4, 0.5) is 11.6 Å². The van der Waals surface area contributed by atoms with Crippen molar-refractivity contribution >= 4 is 11.6 Å². The smallest absolute Gasteiger partial charge is 0.134 e. The minimum absolute atomic E-state index is 0.341. The van der Waals surface area contributed by atoms with Crippen LogP contribution in [0, 0.1) is 12.8 Å². The summed E-state index contributed by atoms with van der Waals surface area (Å²) >= 11 is 0. The Hall–Kier alpha value is -1.36. The highest BCUT2D eigenvalue weighted by molar-refractivity contribution is 5.56. The molecular formula is C13H22N4O. The van der Waals surface area contributed by atoms with Crippen LogP contribution < -0.4 is 10.6 Å². The molecule has 2 N–H and O–H groups in total. The molecule has 5 heteroatoms. The number of aromatic nitrogens is 2. The molecule has 1 fully saturated rings. The van der Waals surface area contributed by atoms with E-state index < -0.39 is 0 Å². The van der Waals surface area contributed by atoms with E-state index in [0.29, 0.717) is 12.0 Å². The first-order valence-electron chi connectivity index (χ1n) is 6.63. The van der Waals surface area contributed by atoms with Crippen LogP contribution in [0.3, 0.4) is 0 Å². The van der Waals surface area contributed by atoms with Gasteiger partial charge in [-0.3, -0.25) is 0 Å². The summed E-state index contributed by atoms with van der Waals surface area (Å²) in [6.07, 6.45) is 3.06. The highest BCUT2D eigenvalue weighted by atomic mass is 16.5. The van der Waals surface area contributed by atoms with Crippen LogP contribution in [-0.2, 0) is 4.74 Å². The molecule has 2 heterocycles. The molecule has 0 radical (unpaired) electrons. The Bertz CT molecular complexity index is 397. The Morgan fingerprint density at radius 3 is 2.67 bits per heavy atom. The van der Waals surface area contributed by atoms with Gasteiger partial charge in [-0.1, -0.05) is 0 Å². The molecule has 0 aliphatic carbocycles. The van der Waals surface area contributed by atoms with E-state index in [-0.39, 0.29) is 0 Å². The summed E-state index contributed by atoms with van der Waals surface area (Å²) in [6.45, 7) is 8.88. The number of nitrogens with one attached hydrogen (secondary N) is 2. The van der Waals surface area contributed by atoms with Crippen molar-refractivity contribution in [2.45, 2.75) is 33.3 Å². The van der Waals surface area contributed by atoms with Crippen molar-refractivity contribution in [3.63, 3.8) is 0 Å². The first-order chi connectivity index (χ1) is 8.72. The summed E-state index contributed by atoms with van der Waals surface area (Å²) in [5.74, 6) is 2.40. The van der Waals surface area contributed by atoms with E-state index in [1.807, 2.05) is 6.92 Å². The van der Waals surface area contributed by atoms with Gasteiger partial charge in [0, 0.05) is 31.2 Å². The van der Waals surface area contributed by atoms with Gasteiger partial charge in [-0.05, 0) is 27.2 Å². The van der Waals surface area contributed by atoms with Crippen LogP contribution in [0.2, 0.25) is 0 Å². The zero-order chi connectivity index (χ0) is 13.0. The van der Waals surface area contributed by atoms with Gasteiger partial charge in [-0.25, -0.2) is 9.97 Å². The molecule has 1 aliphatic rings. The van der Waals surface area contributed by atoms with Crippen LogP contribution >= 0.6 is 0 Å². The third-order valence-electron chi connectivity index (χ3n) is 3.49. The fraction of sp³-hybridized carbons (Fsp3) is 0.692. The van der Waals surface area contributed by atoms with Gasteiger partial charge in [-0.2, -0.15) is 0 Å². The minimum Gasteiger partial charge on any atom is -0.378 e. The topological polar surface area (TPSA) is 59.1 Å². The fourth-order valence-corrected chi connectivity index (χ4v) is 2.25. The molecule has 0 bridgehead atoms. The summed E-state index contributed by atoms with van der Waals surface area (Å²) in [6, 6.07) is 0. The Morgan fingerprint density at radius 1 is 1.33 bits per heavy atom. The maximum atomic E-state index is 5.56. The zero-order valence-corrected chi connectivity index (χ0v) is 11.4. The van der Waals surface area contributed by atoms with Crippen LogP contribution in [0.5, 0.6) is 0 Å². The van der Waals surface area contributed by atoms with Gasteiger partial charge in [0.25, 0.3) is 0 Å². The SMILES string of the molecule is CCNc1ncnc(NCC2CCOC2C)c1C. The lowest BCUT2D eigenvalue weighted by atomic mass is 10.0. The van der Waals surface area contributed by atoms with Crippen LogP contribution in [0.1, 0.15) is 25.8 Å². The fourth-order valence-electron chi connectivity index (χ4n) is 2.25. The molecule has 1 aromatic heterocycles. The van der Waals surface area contributed by atoms with Gasteiger partial charge in [0.15, 0.2) is 0 Å². The maximum Gasteiger partial charge on any atom is 0.134 e. The van der Waals surface area contributed by atoms with Crippen molar-refractivity contribution in [1.29, 1.82) is 0 Å². The van der Waals surface area contributed by atoms with Crippen molar-refractivity contribution < 1.29 is 4.74 Å². The van der Waals surface area contributed by atoms with Gasteiger partial charge in [0.2, 0.25) is 0 Å². The van der Waals surface area contributed by atoms with Gasteiger partial charge >= 0.3 is 0 Å². The second-order valence-corrected chi connectivity index (χ2v) is 4.73. The van der Waals surface area contributed by atoms with Crippen LogP contribution in [-0.4, -0.2) is 35.8 Å². The van der Waals surface area contributed by atoms with E-state index in [9.17, 15) is 0 Å². The molecule has 0 aromatic carbocycles. The summed E-state index contributed by atoms with van der Waals surface area (Å²) < 4.78 is 5.56. The average Bonchev–Trinajstić information content (AvgIpc) is 2.76. The lowest BCUT2D eigenvalue weighted by Crippen LogP contribution is -2.21. The Labute approximate surface area is 108 Å². The molecule has 0 saturated carbocycles. The van der Waals surface area contributed by atoms with E-state index in [2.05, 4.69) is 34.4 Å². The Balaban J connectivity index is 1.98. The van der Waals surface area contributed by atoms with Crippen LogP contribution in [0.15, 0.2) is 6.33 Å². The first kappa shape index (κ1) is 13.1. The summed E-state index contributed by atoms with van der Waals surface area (Å²) in [5.41, 5.74) is 1.07. The van der Waals surface area contributed by atoms with Crippen molar-refractivity contribution in [2.75, 3.05) is 30.3 Å². The molecule has 2 rings (SSSR count). The van der Waals surface area contributed by atoms with Crippen molar-refractivity contribution in [3.05, 3.63) is 11.9 Å². The molecule has 1 saturated heterocycles. The van der Waals surface area contributed by atoms with E-state index in [1.165, 1.54) is 0 Å².